The second-order valence-electron chi connectivity index (χ2n) is 2.61. The topological polar surface area (TPSA) is 53.9 Å². The molecule has 1 heterocycles. The maximum absolute atomic E-state index is 10.7. The average molecular weight is 130 g/mol. The zero-order valence-corrected chi connectivity index (χ0v) is 5.76. The molecule has 3 N–H and O–H groups in total. The van der Waals surface area contributed by atoms with Crippen molar-refractivity contribution in [3.8, 4) is 0 Å². The van der Waals surface area contributed by atoms with Gasteiger partial charge in [0.05, 0.1) is 5.92 Å². The van der Waals surface area contributed by atoms with Gasteiger partial charge >= 0.3 is 5.97 Å². The van der Waals surface area contributed by atoms with Crippen LogP contribution in [0.3, 0.4) is 0 Å². The third-order valence-corrected chi connectivity index (χ3v) is 1.98. The molecule has 0 aromatic heterocycles. The van der Waals surface area contributed by atoms with E-state index in [1.807, 2.05) is 13.8 Å². The Bertz CT molecular complexity index is 135. The van der Waals surface area contributed by atoms with Gasteiger partial charge in [-0.1, -0.05) is 6.92 Å². The fourth-order valence-electron chi connectivity index (χ4n) is 0.920. The highest BCUT2D eigenvalue weighted by molar-refractivity contribution is 5.76. The maximum Gasteiger partial charge on any atom is 0.365 e. The van der Waals surface area contributed by atoms with Gasteiger partial charge in [0.15, 0.2) is 6.04 Å². The fraction of sp³-hybridized carbons (Fsp3) is 0.833. The SMILES string of the molecule is C[C@H]1[C@H]([NH3+])C(=O)O[C@@H]1C. The Morgan fingerprint density at radius 1 is 1.56 bits per heavy atom. The number of hydrogen-bond acceptors (Lipinski definition) is 2. The van der Waals surface area contributed by atoms with Gasteiger partial charge in [0.25, 0.3) is 0 Å². The number of cyclic esters (lactones) is 1. The van der Waals surface area contributed by atoms with Crippen LogP contribution in [0, 0.1) is 5.92 Å². The van der Waals surface area contributed by atoms with E-state index in [-0.39, 0.29) is 24.0 Å². The van der Waals surface area contributed by atoms with Crippen molar-refractivity contribution in [3.05, 3.63) is 0 Å². The van der Waals surface area contributed by atoms with Crippen molar-refractivity contribution >= 4 is 5.97 Å². The van der Waals surface area contributed by atoms with Crippen LogP contribution in [0.25, 0.3) is 0 Å². The molecule has 1 aliphatic rings. The lowest BCUT2D eigenvalue weighted by Gasteiger charge is -2.04. The van der Waals surface area contributed by atoms with E-state index in [1.165, 1.54) is 0 Å². The van der Waals surface area contributed by atoms with Crippen molar-refractivity contribution in [2.45, 2.75) is 26.0 Å². The van der Waals surface area contributed by atoms with Crippen LogP contribution in [0.2, 0.25) is 0 Å². The zero-order valence-electron chi connectivity index (χ0n) is 5.76. The normalized spacial score (nSPS) is 43.0. The molecule has 3 nitrogen and oxygen atoms in total. The van der Waals surface area contributed by atoms with Gasteiger partial charge in [-0.15, -0.1) is 0 Å². The molecule has 0 radical (unpaired) electrons. The van der Waals surface area contributed by atoms with Crippen molar-refractivity contribution in [3.63, 3.8) is 0 Å². The Morgan fingerprint density at radius 3 is 2.22 bits per heavy atom. The second kappa shape index (κ2) is 1.99. The summed E-state index contributed by atoms with van der Waals surface area (Å²) in [4.78, 5) is 10.7. The van der Waals surface area contributed by atoms with Crippen LogP contribution in [-0.2, 0) is 9.53 Å². The minimum atomic E-state index is -0.157. The summed E-state index contributed by atoms with van der Waals surface area (Å²) in [6.45, 7) is 3.88. The van der Waals surface area contributed by atoms with Gasteiger partial charge in [0.1, 0.15) is 6.10 Å². The van der Waals surface area contributed by atoms with Crippen molar-refractivity contribution in [2.75, 3.05) is 0 Å². The summed E-state index contributed by atoms with van der Waals surface area (Å²) in [6.07, 6.45) is 0.0556. The second-order valence-corrected chi connectivity index (χ2v) is 2.61. The van der Waals surface area contributed by atoms with Gasteiger partial charge in [0.2, 0.25) is 0 Å². The first kappa shape index (κ1) is 6.55. The highest BCUT2D eigenvalue weighted by Gasteiger charge is 2.39. The van der Waals surface area contributed by atoms with Crippen molar-refractivity contribution < 1.29 is 15.3 Å². The molecule has 0 bridgehead atoms. The first-order chi connectivity index (χ1) is 4.13. The number of esters is 1. The van der Waals surface area contributed by atoms with E-state index in [2.05, 4.69) is 5.73 Å². The first-order valence-corrected chi connectivity index (χ1v) is 3.16. The van der Waals surface area contributed by atoms with Crippen LogP contribution in [-0.4, -0.2) is 18.1 Å². The maximum atomic E-state index is 10.7. The minimum Gasteiger partial charge on any atom is -0.458 e. The zero-order chi connectivity index (χ0) is 7.02. The van der Waals surface area contributed by atoms with Crippen LogP contribution in [0.1, 0.15) is 13.8 Å². The number of hydrogen-bond donors (Lipinski definition) is 1. The number of quaternary nitrogens is 1. The third-order valence-electron chi connectivity index (χ3n) is 1.98. The molecule has 0 aromatic carbocycles. The van der Waals surface area contributed by atoms with Crippen LogP contribution < -0.4 is 5.73 Å². The molecule has 1 fully saturated rings. The van der Waals surface area contributed by atoms with Gasteiger partial charge in [-0.2, -0.15) is 0 Å². The summed E-state index contributed by atoms with van der Waals surface area (Å²) in [7, 11) is 0. The van der Waals surface area contributed by atoms with Crippen molar-refractivity contribution in [2.24, 2.45) is 5.92 Å². The van der Waals surface area contributed by atoms with E-state index in [9.17, 15) is 4.79 Å². The molecule has 0 spiro atoms. The fourth-order valence-corrected chi connectivity index (χ4v) is 0.920. The summed E-state index contributed by atoms with van der Waals surface area (Å²) in [5.74, 6) is 0.118. The van der Waals surface area contributed by atoms with E-state index >= 15 is 0 Å². The minimum absolute atomic E-state index is 0.0556. The highest BCUT2D eigenvalue weighted by atomic mass is 16.6. The van der Waals surface area contributed by atoms with Gasteiger partial charge < -0.3 is 10.5 Å². The standard InChI is InChI=1S/C6H11NO2/c1-3-4(2)9-6(8)5(3)7/h3-5H,7H2,1-2H3/p+1/t3-,4-,5+/m1/s1. The molecule has 0 amide bonds. The van der Waals surface area contributed by atoms with Gasteiger partial charge in [-0.3, -0.25) is 0 Å². The van der Waals surface area contributed by atoms with E-state index in [0.29, 0.717) is 0 Å². The number of carbonyl (C=O) groups is 1. The molecule has 52 valence electrons. The van der Waals surface area contributed by atoms with E-state index in [0.717, 1.165) is 0 Å². The molecule has 3 atom stereocenters. The van der Waals surface area contributed by atoms with E-state index < -0.39 is 0 Å². The Kier molecular flexibility index (Phi) is 1.45. The van der Waals surface area contributed by atoms with Crippen molar-refractivity contribution in [1.82, 2.24) is 0 Å². The van der Waals surface area contributed by atoms with Gasteiger partial charge in [0, 0.05) is 0 Å². The molecule has 3 heteroatoms. The third kappa shape index (κ3) is 0.920. The predicted octanol–water partition coefficient (Wildman–Crippen LogP) is -0.822. The van der Waals surface area contributed by atoms with Gasteiger partial charge in [-0.05, 0) is 6.92 Å². The molecule has 0 aliphatic carbocycles. The number of ether oxygens (including phenoxy) is 1. The largest absolute Gasteiger partial charge is 0.458 e. The summed E-state index contributed by atoms with van der Waals surface area (Å²) in [6, 6.07) is -0.153. The van der Waals surface area contributed by atoms with Crippen molar-refractivity contribution in [1.29, 1.82) is 0 Å². The molecular weight excluding hydrogens is 118 g/mol. The molecule has 9 heavy (non-hydrogen) atoms. The van der Waals surface area contributed by atoms with E-state index in [1.54, 1.807) is 0 Å². The average Bonchev–Trinajstić information content (AvgIpc) is 1.98. The van der Waals surface area contributed by atoms with Crippen LogP contribution in [0.4, 0.5) is 0 Å². The predicted molar refractivity (Wildman–Crippen MR) is 31.4 cm³/mol. The number of rotatable bonds is 0. The lowest BCUT2D eigenvalue weighted by molar-refractivity contribution is -0.411. The van der Waals surface area contributed by atoms with Gasteiger partial charge in [-0.25, -0.2) is 4.79 Å². The molecule has 1 rings (SSSR count). The molecule has 0 unspecified atom stereocenters. The first-order valence-electron chi connectivity index (χ1n) is 3.16. The lowest BCUT2D eigenvalue weighted by atomic mass is 10.0. The molecule has 1 aliphatic heterocycles. The summed E-state index contributed by atoms with van der Waals surface area (Å²) < 4.78 is 4.88. The monoisotopic (exact) mass is 130 g/mol. The smallest absolute Gasteiger partial charge is 0.365 e. The van der Waals surface area contributed by atoms with E-state index in [4.69, 9.17) is 4.74 Å². The Hall–Kier alpha value is -0.570. The summed E-state index contributed by atoms with van der Waals surface area (Å²) in [5.41, 5.74) is 3.68. The Labute approximate surface area is 54.2 Å². The molecular formula is C6H12NO2+. The molecule has 0 saturated carbocycles. The Balaban J connectivity index is 2.65. The summed E-state index contributed by atoms with van der Waals surface area (Å²) >= 11 is 0. The number of carbonyl (C=O) groups excluding carboxylic acids is 1. The quantitative estimate of drug-likeness (QED) is 0.435. The van der Waals surface area contributed by atoms with Crippen LogP contribution in [0.15, 0.2) is 0 Å². The van der Waals surface area contributed by atoms with Crippen LogP contribution >= 0.6 is 0 Å². The highest BCUT2D eigenvalue weighted by Crippen LogP contribution is 2.18. The van der Waals surface area contributed by atoms with Crippen LogP contribution in [0.5, 0.6) is 0 Å². The molecule has 0 aromatic rings. The Morgan fingerprint density at radius 2 is 2.11 bits per heavy atom. The summed E-state index contributed by atoms with van der Waals surface area (Å²) in [5, 5.41) is 0. The lowest BCUT2D eigenvalue weighted by Crippen LogP contribution is -2.66. The molecule has 1 saturated heterocycles.